The number of carbonyl (C=O) groups is 3. The van der Waals surface area contributed by atoms with Crippen LogP contribution in [0.3, 0.4) is 0 Å². The van der Waals surface area contributed by atoms with Crippen LogP contribution in [0, 0.1) is 0 Å². The zero-order valence-corrected chi connectivity index (χ0v) is 14.0. The minimum Gasteiger partial charge on any atom is -0.348 e. The van der Waals surface area contributed by atoms with Gasteiger partial charge >= 0.3 is 6.03 Å². The lowest BCUT2D eigenvalue weighted by molar-refractivity contribution is -0.131. The number of imide groups is 1. The molecule has 2 aliphatic rings. The molecule has 26 heavy (non-hydrogen) atoms. The number of urea groups is 1. The second-order valence-corrected chi connectivity index (χ2v) is 6.30. The summed E-state index contributed by atoms with van der Waals surface area (Å²) in [7, 11) is 0. The highest BCUT2D eigenvalue weighted by Crippen LogP contribution is 2.30. The fourth-order valence-corrected chi connectivity index (χ4v) is 3.38. The van der Waals surface area contributed by atoms with Crippen LogP contribution >= 0.6 is 0 Å². The first-order valence-electron chi connectivity index (χ1n) is 8.49. The summed E-state index contributed by atoms with van der Waals surface area (Å²) in [4.78, 5) is 40.8. The highest BCUT2D eigenvalue weighted by Gasteiger charge is 2.32. The zero-order chi connectivity index (χ0) is 18.1. The van der Waals surface area contributed by atoms with E-state index in [0.29, 0.717) is 0 Å². The van der Waals surface area contributed by atoms with Crippen molar-refractivity contribution in [1.82, 2.24) is 30.3 Å². The maximum atomic E-state index is 12.3. The Bertz CT molecular complexity index is 847. The first-order valence-corrected chi connectivity index (χ1v) is 8.49. The van der Waals surface area contributed by atoms with Crippen molar-refractivity contribution >= 4 is 17.8 Å². The Hall–Kier alpha value is -3.23. The lowest BCUT2D eigenvalue weighted by Crippen LogP contribution is -2.42. The molecule has 0 spiro atoms. The summed E-state index contributed by atoms with van der Waals surface area (Å²) in [6, 6.07) is 4.91. The third-order valence-corrected chi connectivity index (χ3v) is 4.62. The highest BCUT2D eigenvalue weighted by molar-refractivity contribution is 6.04. The van der Waals surface area contributed by atoms with Crippen LogP contribution in [0.25, 0.3) is 5.82 Å². The van der Waals surface area contributed by atoms with E-state index in [2.05, 4.69) is 20.7 Å². The quantitative estimate of drug-likeness (QED) is 0.768. The molecule has 1 fully saturated rings. The molecule has 1 atom stereocenters. The SMILES string of the molecule is O=C(CN1C(=O)CNC1=O)N[C@@H]1CCCc2c1cnn2-c1ccccn1. The molecule has 2 N–H and O–H groups in total. The zero-order valence-electron chi connectivity index (χ0n) is 14.0. The van der Waals surface area contributed by atoms with Crippen LogP contribution in [-0.4, -0.2) is 50.6 Å². The van der Waals surface area contributed by atoms with Gasteiger partial charge in [-0.05, 0) is 31.4 Å². The van der Waals surface area contributed by atoms with Gasteiger partial charge in [0.15, 0.2) is 5.82 Å². The molecule has 2 aromatic heterocycles. The van der Waals surface area contributed by atoms with E-state index < -0.39 is 11.9 Å². The second-order valence-electron chi connectivity index (χ2n) is 6.30. The van der Waals surface area contributed by atoms with Gasteiger partial charge in [-0.25, -0.2) is 14.5 Å². The minimum atomic E-state index is -0.530. The molecular weight excluding hydrogens is 336 g/mol. The highest BCUT2D eigenvalue weighted by atomic mass is 16.2. The van der Waals surface area contributed by atoms with E-state index >= 15 is 0 Å². The van der Waals surface area contributed by atoms with Crippen LogP contribution < -0.4 is 10.6 Å². The van der Waals surface area contributed by atoms with Gasteiger partial charge in [0, 0.05) is 11.8 Å². The monoisotopic (exact) mass is 354 g/mol. The number of nitrogens with one attached hydrogen (secondary N) is 2. The number of pyridine rings is 1. The molecule has 4 rings (SSSR count). The molecule has 3 heterocycles. The molecule has 1 aliphatic heterocycles. The largest absolute Gasteiger partial charge is 0.348 e. The smallest absolute Gasteiger partial charge is 0.325 e. The summed E-state index contributed by atoms with van der Waals surface area (Å²) in [5, 5.41) is 9.75. The Balaban J connectivity index is 1.50. The minimum absolute atomic E-state index is 0.0590. The molecule has 9 heteroatoms. The van der Waals surface area contributed by atoms with Crippen LogP contribution in [0.15, 0.2) is 30.6 Å². The van der Waals surface area contributed by atoms with E-state index in [0.717, 1.165) is 41.2 Å². The van der Waals surface area contributed by atoms with E-state index in [1.165, 1.54) is 0 Å². The molecule has 134 valence electrons. The van der Waals surface area contributed by atoms with E-state index in [-0.39, 0.29) is 25.0 Å². The number of hydrogen-bond acceptors (Lipinski definition) is 5. The fraction of sp³-hybridized carbons (Fsp3) is 0.353. The van der Waals surface area contributed by atoms with E-state index in [1.807, 2.05) is 18.2 Å². The van der Waals surface area contributed by atoms with E-state index in [9.17, 15) is 14.4 Å². The van der Waals surface area contributed by atoms with Crippen molar-refractivity contribution in [2.24, 2.45) is 0 Å². The molecule has 0 saturated carbocycles. The van der Waals surface area contributed by atoms with Crippen molar-refractivity contribution in [1.29, 1.82) is 0 Å². The topological polar surface area (TPSA) is 109 Å². The third-order valence-electron chi connectivity index (χ3n) is 4.62. The Morgan fingerprint density at radius 2 is 2.23 bits per heavy atom. The van der Waals surface area contributed by atoms with Gasteiger partial charge in [0.25, 0.3) is 5.91 Å². The van der Waals surface area contributed by atoms with E-state index in [4.69, 9.17) is 0 Å². The van der Waals surface area contributed by atoms with Gasteiger partial charge in [-0.1, -0.05) is 6.07 Å². The van der Waals surface area contributed by atoms with Crippen LogP contribution in [0.2, 0.25) is 0 Å². The standard InChI is InChI=1S/C17H18N6O3/c24-15(10-22-16(25)9-19-17(22)26)21-12-4-3-5-13-11(12)8-20-23(13)14-6-1-2-7-18-14/h1-2,6-8,12H,3-5,9-10H2,(H,19,26)(H,21,24)/t12-/m1/s1. The van der Waals surface area contributed by atoms with Gasteiger partial charge < -0.3 is 10.6 Å². The maximum Gasteiger partial charge on any atom is 0.325 e. The Kier molecular flexibility index (Phi) is 4.11. The third kappa shape index (κ3) is 2.92. The van der Waals surface area contributed by atoms with Gasteiger partial charge in [0.2, 0.25) is 5.91 Å². The van der Waals surface area contributed by atoms with Gasteiger partial charge in [0.05, 0.1) is 24.5 Å². The Labute approximate surface area is 149 Å². The van der Waals surface area contributed by atoms with Crippen molar-refractivity contribution in [3.05, 3.63) is 41.9 Å². The van der Waals surface area contributed by atoms with Crippen LogP contribution in [0.4, 0.5) is 4.79 Å². The van der Waals surface area contributed by atoms with Crippen molar-refractivity contribution < 1.29 is 14.4 Å². The van der Waals surface area contributed by atoms with Crippen LogP contribution in [0.1, 0.15) is 30.1 Å². The average molecular weight is 354 g/mol. The summed E-state index contributed by atoms with van der Waals surface area (Å²) in [5.41, 5.74) is 1.97. The maximum absolute atomic E-state index is 12.3. The van der Waals surface area contributed by atoms with E-state index in [1.54, 1.807) is 17.1 Å². The first-order chi connectivity index (χ1) is 12.6. The molecule has 1 aliphatic carbocycles. The average Bonchev–Trinajstić information content (AvgIpc) is 3.22. The number of carbonyl (C=O) groups excluding carboxylic acids is 3. The molecule has 1 saturated heterocycles. The van der Waals surface area contributed by atoms with Crippen molar-refractivity contribution in [3.63, 3.8) is 0 Å². The van der Waals surface area contributed by atoms with Crippen LogP contribution in [-0.2, 0) is 16.0 Å². The van der Waals surface area contributed by atoms with Crippen molar-refractivity contribution in [2.45, 2.75) is 25.3 Å². The number of rotatable bonds is 4. The molecule has 2 aromatic rings. The normalized spacial score (nSPS) is 19.2. The number of fused-ring (bicyclic) bond motifs is 1. The van der Waals surface area contributed by atoms with Gasteiger partial charge in [-0.2, -0.15) is 5.10 Å². The second kappa shape index (κ2) is 6.58. The fourth-order valence-electron chi connectivity index (χ4n) is 3.38. The number of nitrogens with zero attached hydrogens (tertiary/aromatic N) is 4. The van der Waals surface area contributed by atoms with Crippen molar-refractivity contribution in [2.75, 3.05) is 13.1 Å². The molecule has 9 nitrogen and oxygen atoms in total. The molecule has 0 bridgehead atoms. The van der Waals surface area contributed by atoms with Gasteiger partial charge in [-0.15, -0.1) is 0 Å². The number of amides is 4. The summed E-state index contributed by atoms with van der Waals surface area (Å²) < 4.78 is 1.80. The Morgan fingerprint density at radius 1 is 1.35 bits per heavy atom. The van der Waals surface area contributed by atoms with Gasteiger partial charge in [-0.3, -0.25) is 14.5 Å². The van der Waals surface area contributed by atoms with Gasteiger partial charge in [0.1, 0.15) is 6.54 Å². The number of hydrogen-bond donors (Lipinski definition) is 2. The summed E-state index contributed by atoms with van der Waals surface area (Å²) in [6.45, 7) is -0.332. The Morgan fingerprint density at radius 3 is 2.96 bits per heavy atom. The predicted octanol–water partition coefficient (Wildman–Crippen LogP) is 0.313. The van der Waals surface area contributed by atoms with Crippen molar-refractivity contribution in [3.8, 4) is 5.82 Å². The molecule has 0 radical (unpaired) electrons. The molecule has 0 unspecified atom stereocenters. The number of aromatic nitrogens is 3. The lowest BCUT2D eigenvalue weighted by Gasteiger charge is -2.24. The molecular formula is C17H18N6O3. The molecule has 4 amide bonds. The molecule has 0 aromatic carbocycles. The summed E-state index contributed by atoms with van der Waals surface area (Å²) in [6.07, 6.45) is 6.00. The summed E-state index contributed by atoms with van der Waals surface area (Å²) >= 11 is 0. The van der Waals surface area contributed by atoms with Crippen LogP contribution in [0.5, 0.6) is 0 Å². The predicted molar refractivity (Wildman–Crippen MR) is 90.3 cm³/mol. The lowest BCUT2D eigenvalue weighted by atomic mass is 9.93. The first kappa shape index (κ1) is 16.2. The summed E-state index contributed by atoms with van der Waals surface area (Å²) in [5.74, 6) is -0.0173.